The number of nitrogens with zero attached hydrogens (tertiary/aromatic N) is 1. The third-order valence-electron chi connectivity index (χ3n) is 6.79. The molecule has 2 N–H and O–H groups in total. The molecule has 1 aromatic rings. The summed E-state index contributed by atoms with van der Waals surface area (Å²) in [5.74, 6) is -4.84. The van der Waals surface area contributed by atoms with Gasteiger partial charge in [-0.05, 0) is 55.8 Å². The summed E-state index contributed by atoms with van der Waals surface area (Å²) in [6, 6.07) is 3.46. The lowest BCUT2D eigenvalue weighted by Crippen LogP contribution is -2.49. The lowest BCUT2D eigenvalue weighted by atomic mass is 9.85. The molecule has 0 aliphatic carbocycles. The van der Waals surface area contributed by atoms with Crippen molar-refractivity contribution in [3.8, 4) is 0 Å². The van der Waals surface area contributed by atoms with Crippen molar-refractivity contribution in [3.05, 3.63) is 29.6 Å². The summed E-state index contributed by atoms with van der Waals surface area (Å²) in [5, 5.41) is 5.47. The average molecular weight is 468 g/mol. The van der Waals surface area contributed by atoms with Gasteiger partial charge in [0.1, 0.15) is 11.9 Å². The van der Waals surface area contributed by atoms with E-state index in [4.69, 9.17) is 0 Å². The van der Waals surface area contributed by atoms with Crippen molar-refractivity contribution in [2.24, 2.45) is 5.92 Å². The molecule has 3 rings (SSSR count). The van der Waals surface area contributed by atoms with Crippen LogP contribution in [0.15, 0.2) is 18.2 Å². The largest absolute Gasteiger partial charge is 0.374 e. The molecule has 2 heterocycles. The zero-order chi connectivity index (χ0) is 24.0. The molecule has 2 aliphatic heterocycles. The SMILES string of the molecule is CCCC(CCC)CN1CCC(c2ccc(NC3CCC(=O)CNC3=O)cc2F)C(F)(F)C1. The van der Waals surface area contributed by atoms with E-state index < -0.39 is 23.7 Å². The lowest BCUT2D eigenvalue weighted by Gasteiger charge is -2.40. The molecule has 184 valence electrons. The summed E-state index contributed by atoms with van der Waals surface area (Å²) in [5.41, 5.74) is 0.359. The summed E-state index contributed by atoms with van der Waals surface area (Å²) in [6.45, 7) is 5.08. The Morgan fingerprint density at radius 2 is 1.91 bits per heavy atom. The Labute approximate surface area is 194 Å². The minimum atomic E-state index is -3.02. The van der Waals surface area contributed by atoms with Crippen molar-refractivity contribution in [2.75, 3.05) is 31.5 Å². The van der Waals surface area contributed by atoms with E-state index in [1.807, 2.05) is 4.90 Å². The van der Waals surface area contributed by atoms with Gasteiger partial charge in [-0.15, -0.1) is 0 Å². The van der Waals surface area contributed by atoms with Gasteiger partial charge < -0.3 is 10.6 Å². The molecule has 2 fully saturated rings. The number of halogens is 3. The van der Waals surface area contributed by atoms with Gasteiger partial charge in [0.15, 0.2) is 5.78 Å². The van der Waals surface area contributed by atoms with Crippen LogP contribution in [0.2, 0.25) is 0 Å². The quantitative estimate of drug-likeness (QED) is 0.551. The Hall–Kier alpha value is -2.09. The molecule has 0 aromatic heterocycles. The number of alkyl halides is 2. The number of hydrogen-bond donors (Lipinski definition) is 2. The fourth-order valence-electron chi connectivity index (χ4n) is 5.13. The van der Waals surface area contributed by atoms with Crippen molar-refractivity contribution >= 4 is 17.4 Å². The number of nitrogens with one attached hydrogen (secondary N) is 2. The third kappa shape index (κ3) is 6.71. The van der Waals surface area contributed by atoms with Gasteiger partial charge in [0, 0.05) is 18.7 Å². The molecule has 2 aliphatic rings. The van der Waals surface area contributed by atoms with E-state index in [-0.39, 0.29) is 43.2 Å². The van der Waals surface area contributed by atoms with Crippen LogP contribution in [0.5, 0.6) is 0 Å². The zero-order valence-electron chi connectivity index (χ0n) is 19.6. The monoisotopic (exact) mass is 467 g/mol. The highest BCUT2D eigenvalue weighted by molar-refractivity contribution is 5.92. The highest BCUT2D eigenvalue weighted by Crippen LogP contribution is 2.42. The first-order valence-corrected chi connectivity index (χ1v) is 12.2. The maximum atomic E-state index is 15.1. The van der Waals surface area contributed by atoms with E-state index in [9.17, 15) is 14.0 Å². The van der Waals surface area contributed by atoms with Crippen LogP contribution in [0, 0.1) is 11.7 Å². The van der Waals surface area contributed by atoms with Crippen LogP contribution in [-0.2, 0) is 9.59 Å². The second-order valence-corrected chi connectivity index (χ2v) is 9.51. The summed E-state index contributed by atoms with van der Waals surface area (Å²) < 4.78 is 45.1. The number of piperidine rings is 1. The van der Waals surface area contributed by atoms with Crippen molar-refractivity contribution < 1.29 is 22.8 Å². The van der Waals surface area contributed by atoms with E-state index in [2.05, 4.69) is 24.5 Å². The van der Waals surface area contributed by atoms with E-state index in [1.165, 1.54) is 12.1 Å². The summed E-state index contributed by atoms with van der Waals surface area (Å²) in [7, 11) is 0. The van der Waals surface area contributed by atoms with Gasteiger partial charge >= 0.3 is 0 Å². The van der Waals surface area contributed by atoms with Gasteiger partial charge in [-0.25, -0.2) is 13.2 Å². The van der Waals surface area contributed by atoms with Crippen LogP contribution in [-0.4, -0.2) is 54.7 Å². The Morgan fingerprint density at radius 3 is 2.55 bits per heavy atom. The first-order chi connectivity index (χ1) is 15.7. The van der Waals surface area contributed by atoms with Gasteiger partial charge in [0.2, 0.25) is 5.91 Å². The van der Waals surface area contributed by atoms with E-state index in [0.717, 1.165) is 25.7 Å². The molecule has 1 amide bonds. The number of benzene rings is 1. The maximum absolute atomic E-state index is 15.1. The fourth-order valence-corrected chi connectivity index (χ4v) is 5.13. The number of anilines is 1. The molecule has 0 spiro atoms. The number of likely N-dealkylation sites (tertiary alicyclic amines) is 1. The van der Waals surface area contributed by atoms with Crippen molar-refractivity contribution in [2.45, 2.75) is 76.7 Å². The third-order valence-corrected chi connectivity index (χ3v) is 6.79. The van der Waals surface area contributed by atoms with Gasteiger partial charge in [-0.3, -0.25) is 14.5 Å². The smallest absolute Gasteiger partial charge is 0.267 e. The van der Waals surface area contributed by atoms with E-state index in [1.54, 1.807) is 6.07 Å². The molecule has 0 saturated carbocycles. The minimum absolute atomic E-state index is 0.00424. The molecule has 33 heavy (non-hydrogen) atoms. The van der Waals surface area contributed by atoms with Crippen LogP contribution < -0.4 is 10.6 Å². The maximum Gasteiger partial charge on any atom is 0.267 e. The summed E-state index contributed by atoms with van der Waals surface area (Å²) in [6.07, 6.45) is 4.92. The predicted octanol–water partition coefficient (Wildman–Crippen LogP) is 4.73. The molecule has 0 bridgehead atoms. The second kappa shape index (κ2) is 11.4. The lowest BCUT2D eigenvalue weighted by molar-refractivity contribution is -0.123. The molecular formula is C25H36F3N3O2. The molecule has 8 heteroatoms. The Kier molecular flexibility index (Phi) is 8.79. The molecule has 0 radical (unpaired) electrons. The topological polar surface area (TPSA) is 61.4 Å². The predicted molar refractivity (Wildman–Crippen MR) is 123 cm³/mol. The van der Waals surface area contributed by atoms with Crippen molar-refractivity contribution in [3.63, 3.8) is 0 Å². The molecule has 2 saturated heterocycles. The van der Waals surface area contributed by atoms with Crippen LogP contribution in [0.1, 0.15) is 70.3 Å². The highest BCUT2D eigenvalue weighted by atomic mass is 19.3. The van der Waals surface area contributed by atoms with E-state index >= 15 is 8.78 Å². The van der Waals surface area contributed by atoms with Crippen molar-refractivity contribution in [1.29, 1.82) is 0 Å². The number of carbonyl (C=O) groups is 2. The first kappa shape index (κ1) is 25.5. The molecular weight excluding hydrogens is 431 g/mol. The zero-order valence-corrected chi connectivity index (χ0v) is 19.6. The second-order valence-electron chi connectivity index (χ2n) is 9.51. The van der Waals surface area contributed by atoms with Crippen LogP contribution >= 0.6 is 0 Å². The van der Waals surface area contributed by atoms with Gasteiger partial charge in [0.05, 0.1) is 19.0 Å². The minimum Gasteiger partial charge on any atom is -0.374 e. The highest BCUT2D eigenvalue weighted by Gasteiger charge is 2.46. The number of ketones is 1. The normalized spacial score (nSPS) is 23.9. The molecule has 5 nitrogen and oxygen atoms in total. The molecule has 2 atom stereocenters. The van der Waals surface area contributed by atoms with Gasteiger partial charge in [0.25, 0.3) is 5.92 Å². The average Bonchev–Trinajstić information content (AvgIpc) is 2.90. The molecule has 1 aromatic carbocycles. The Bertz CT molecular complexity index is 827. The van der Waals surface area contributed by atoms with Gasteiger partial charge in [-0.1, -0.05) is 32.8 Å². The standard InChI is InChI=1S/C25H36F3N3O2/c1-3-5-17(6-4-2)15-31-12-11-21(25(27,28)16-31)20-9-7-18(13-22(20)26)30-23-10-8-19(32)14-29-24(23)33/h7,9,13,17,21,23,30H,3-6,8,10-12,14-16H2,1-2H3,(H,29,33). The van der Waals surface area contributed by atoms with Crippen LogP contribution in [0.25, 0.3) is 0 Å². The molecule has 2 unspecified atom stereocenters. The first-order valence-electron chi connectivity index (χ1n) is 12.2. The number of amides is 1. The Balaban J connectivity index is 1.66. The van der Waals surface area contributed by atoms with Gasteiger partial charge in [-0.2, -0.15) is 0 Å². The number of carbonyl (C=O) groups excluding carboxylic acids is 2. The number of rotatable bonds is 9. The Morgan fingerprint density at radius 1 is 1.18 bits per heavy atom. The van der Waals surface area contributed by atoms with Crippen LogP contribution in [0.4, 0.5) is 18.9 Å². The number of hydrogen-bond acceptors (Lipinski definition) is 4. The van der Waals surface area contributed by atoms with Crippen molar-refractivity contribution in [1.82, 2.24) is 10.2 Å². The fraction of sp³-hybridized carbons (Fsp3) is 0.680. The van der Waals surface area contributed by atoms with E-state index in [0.29, 0.717) is 31.1 Å². The summed E-state index contributed by atoms with van der Waals surface area (Å²) >= 11 is 0. The summed E-state index contributed by atoms with van der Waals surface area (Å²) in [4.78, 5) is 25.5. The number of Topliss-reactive ketones (excluding diaryl/α,β-unsaturated/α-hetero) is 1. The van der Waals surface area contributed by atoms with Crippen LogP contribution in [0.3, 0.4) is 0 Å².